The topological polar surface area (TPSA) is 97.6 Å². The fourth-order valence-corrected chi connectivity index (χ4v) is 4.46. The van der Waals surface area contributed by atoms with Crippen LogP contribution in [0.2, 0.25) is 5.02 Å². The van der Waals surface area contributed by atoms with Crippen molar-refractivity contribution in [2.24, 2.45) is 0 Å². The second-order valence-corrected chi connectivity index (χ2v) is 8.52. The predicted molar refractivity (Wildman–Crippen MR) is 114 cm³/mol. The molecule has 0 spiro atoms. The van der Waals surface area contributed by atoms with E-state index in [9.17, 15) is 23.3 Å². The Bertz CT molecular complexity index is 1200. The minimum atomic E-state index is -4.32. The lowest BCUT2D eigenvalue weighted by Crippen LogP contribution is -2.37. The lowest BCUT2D eigenvalue weighted by atomic mass is 10.1. The van der Waals surface area contributed by atoms with Gasteiger partial charge >= 0.3 is 0 Å². The molecule has 0 N–H and O–H groups in total. The van der Waals surface area contributed by atoms with Gasteiger partial charge in [-0.3, -0.25) is 14.9 Å². The molecule has 9 heteroatoms. The maximum absolute atomic E-state index is 13.4. The van der Waals surface area contributed by atoms with Crippen molar-refractivity contribution in [1.29, 1.82) is 0 Å². The second-order valence-electron chi connectivity index (χ2n) is 6.33. The highest BCUT2D eigenvalue weighted by Crippen LogP contribution is 2.30. The van der Waals surface area contributed by atoms with Gasteiger partial charge in [-0.15, -0.1) is 0 Å². The van der Waals surface area contributed by atoms with Crippen molar-refractivity contribution >= 4 is 38.9 Å². The van der Waals surface area contributed by atoms with Gasteiger partial charge in [0.1, 0.15) is 0 Å². The molecule has 7 nitrogen and oxygen atoms in total. The van der Waals surface area contributed by atoms with E-state index in [1.807, 2.05) is 6.92 Å². The molecule has 0 bridgehead atoms. The molecule has 3 aromatic carbocycles. The molecule has 154 valence electrons. The van der Waals surface area contributed by atoms with Crippen molar-refractivity contribution < 1.29 is 18.1 Å². The first-order chi connectivity index (χ1) is 14.3. The van der Waals surface area contributed by atoms with Crippen molar-refractivity contribution in [3.8, 4) is 0 Å². The molecule has 3 rings (SSSR count). The number of rotatable bonds is 6. The van der Waals surface area contributed by atoms with E-state index in [0.717, 1.165) is 24.1 Å². The van der Waals surface area contributed by atoms with Gasteiger partial charge in [0.25, 0.3) is 21.6 Å². The summed E-state index contributed by atoms with van der Waals surface area (Å²) in [6.45, 7) is 1.95. The first kappa shape index (κ1) is 21.5. The van der Waals surface area contributed by atoms with Crippen LogP contribution in [0.5, 0.6) is 0 Å². The Labute approximate surface area is 178 Å². The number of anilines is 1. The van der Waals surface area contributed by atoms with E-state index in [1.165, 1.54) is 42.5 Å². The number of hydrogen-bond donors (Lipinski definition) is 0. The summed E-state index contributed by atoms with van der Waals surface area (Å²) < 4.78 is 27.3. The van der Waals surface area contributed by atoms with Gasteiger partial charge in [0.15, 0.2) is 0 Å². The van der Waals surface area contributed by atoms with Crippen LogP contribution < -0.4 is 4.31 Å². The van der Waals surface area contributed by atoms with Gasteiger partial charge in [-0.2, -0.15) is 4.31 Å². The van der Waals surface area contributed by atoms with Crippen LogP contribution in [0.4, 0.5) is 11.4 Å². The quantitative estimate of drug-likeness (QED) is 0.400. The van der Waals surface area contributed by atoms with E-state index in [-0.39, 0.29) is 26.9 Å². The molecule has 0 atom stereocenters. The molecule has 0 aromatic heterocycles. The van der Waals surface area contributed by atoms with Gasteiger partial charge in [-0.25, -0.2) is 8.42 Å². The normalized spacial score (nSPS) is 11.1. The summed E-state index contributed by atoms with van der Waals surface area (Å²) in [4.78, 5) is 23.7. The standard InChI is InChI=1S/C21H17ClN2O5S/c1-2-15-8-10-16(11-9-15)23(30(28,29)18-6-4-3-5-7-18)21(25)19-14-17(24(26)27)12-13-20(19)22/h3-14H,2H2,1H3. The summed E-state index contributed by atoms with van der Waals surface area (Å²) in [6.07, 6.45) is 0.733. The number of aryl methyl sites for hydroxylation is 1. The van der Waals surface area contributed by atoms with Crippen LogP contribution >= 0.6 is 11.6 Å². The average Bonchev–Trinajstić information content (AvgIpc) is 2.75. The second kappa shape index (κ2) is 8.64. The van der Waals surface area contributed by atoms with Crippen molar-refractivity contribution in [2.45, 2.75) is 18.2 Å². The van der Waals surface area contributed by atoms with Crippen LogP contribution in [-0.4, -0.2) is 19.2 Å². The Hall–Kier alpha value is -3.23. The molecule has 3 aromatic rings. The molecule has 0 heterocycles. The molecule has 0 aliphatic carbocycles. The van der Waals surface area contributed by atoms with Crippen LogP contribution in [0.15, 0.2) is 77.7 Å². The predicted octanol–water partition coefficient (Wildman–Crippen LogP) is 4.85. The van der Waals surface area contributed by atoms with Gasteiger partial charge in [0.2, 0.25) is 0 Å². The number of sulfonamides is 1. The number of amides is 1. The highest BCUT2D eigenvalue weighted by atomic mass is 35.5. The van der Waals surface area contributed by atoms with Crippen LogP contribution in [0.3, 0.4) is 0 Å². The van der Waals surface area contributed by atoms with E-state index < -0.39 is 20.9 Å². The number of non-ortho nitro benzene ring substituents is 1. The van der Waals surface area contributed by atoms with Gasteiger partial charge < -0.3 is 0 Å². The Kier molecular flexibility index (Phi) is 6.19. The van der Waals surface area contributed by atoms with Crippen molar-refractivity contribution in [3.05, 3.63) is 99.1 Å². The summed E-state index contributed by atoms with van der Waals surface area (Å²) in [5, 5.41) is 11.0. The monoisotopic (exact) mass is 444 g/mol. The number of nitro groups is 1. The highest BCUT2D eigenvalue weighted by Gasteiger charge is 2.33. The number of benzene rings is 3. The van der Waals surface area contributed by atoms with Gasteiger partial charge in [0, 0.05) is 12.1 Å². The maximum Gasteiger partial charge on any atom is 0.274 e. The largest absolute Gasteiger partial charge is 0.274 e. The first-order valence-corrected chi connectivity index (χ1v) is 10.7. The number of nitro benzene ring substituents is 1. The molecule has 0 aliphatic heterocycles. The van der Waals surface area contributed by atoms with Crippen LogP contribution in [0.25, 0.3) is 0 Å². The third kappa shape index (κ3) is 4.19. The highest BCUT2D eigenvalue weighted by molar-refractivity contribution is 7.93. The Balaban J connectivity index is 2.20. The van der Waals surface area contributed by atoms with E-state index in [1.54, 1.807) is 18.2 Å². The number of halogens is 1. The molecule has 0 aliphatic rings. The SMILES string of the molecule is CCc1ccc(N(C(=O)c2cc([N+](=O)[O-])ccc2Cl)S(=O)(=O)c2ccccc2)cc1. The van der Waals surface area contributed by atoms with E-state index in [0.29, 0.717) is 4.31 Å². The molecule has 0 saturated carbocycles. The molecular weight excluding hydrogens is 428 g/mol. The number of nitrogens with zero attached hydrogens (tertiary/aromatic N) is 2. The number of carbonyl (C=O) groups excluding carboxylic acids is 1. The minimum absolute atomic E-state index is 0.0935. The van der Waals surface area contributed by atoms with Crippen LogP contribution in [-0.2, 0) is 16.4 Å². The summed E-state index contributed by atoms with van der Waals surface area (Å²) in [5.74, 6) is -0.989. The summed E-state index contributed by atoms with van der Waals surface area (Å²) in [7, 11) is -4.32. The summed E-state index contributed by atoms with van der Waals surface area (Å²) in [5.41, 5.74) is 0.395. The molecule has 30 heavy (non-hydrogen) atoms. The van der Waals surface area contributed by atoms with Crippen LogP contribution in [0, 0.1) is 10.1 Å². The first-order valence-electron chi connectivity index (χ1n) is 8.93. The van der Waals surface area contributed by atoms with Crippen molar-refractivity contribution in [3.63, 3.8) is 0 Å². The Morgan fingerprint density at radius 2 is 1.67 bits per heavy atom. The van der Waals surface area contributed by atoms with Gasteiger partial charge in [0.05, 0.1) is 26.1 Å². The molecule has 1 amide bonds. The zero-order valence-corrected chi connectivity index (χ0v) is 17.4. The third-order valence-corrected chi connectivity index (χ3v) is 6.49. The smallest absolute Gasteiger partial charge is 0.268 e. The zero-order chi connectivity index (χ0) is 21.9. The zero-order valence-electron chi connectivity index (χ0n) is 15.9. The fraction of sp³-hybridized carbons (Fsp3) is 0.0952. The molecule has 0 saturated heterocycles. The average molecular weight is 445 g/mol. The summed E-state index contributed by atoms with van der Waals surface area (Å²) >= 11 is 6.11. The molecule has 0 unspecified atom stereocenters. The third-order valence-electron chi connectivity index (χ3n) is 4.44. The minimum Gasteiger partial charge on any atom is -0.268 e. The van der Waals surface area contributed by atoms with Gasteiger partial charge in [-0.05, 0) is 42.3 Å². The lowest BCUT2D eigenvalue weighted by molar-refractivity contribution is -0.384. The molecule has 0 radical (unpaired) electrons. The fourth-order valence-electron chi connectivity index (χ4n) is 2.83. The number of carbonyl (C=O) groups is 1. The van der Waals surface area contributed by atoms with Crippen molar-refractivity contribution in [2.75, 3.05) is 4.31 Å². The Morgan fingerprint density at radius 1 is 1.03 bits per heavy atom. The molecular formula is C21H17ClN2O5S. The molecule has 0 fully saturated rings. The van der Waals surface area contributed by atoms with Gasteiger partial charge in [-0.1, -0.05) is 48.9 Å². The summed E-state index contributed by atoms with van der Waals surface area (Å²) in [6, 6.07) is 17.2. The van der Waals surface area contributed by atoms with E-state index in [2.05, 4.69) is 0 Å². The maximum atomic E-state index is 13.4. The van der Waals surface area contributed by atoms with Crippen LogP contribution in [0.1, 0.15) is 22.8 Å². The number of hydrogen-bond acceptors (Lipinski definition) is 5. The van der Waals surface area contributed by atoms with E-state index in [4.69, 9.17) is 11.6 Å². The van der Waals surface area contributed by atoms with Crippen molar-refractivity contribution in [1.82, 2.24) is 0 Å². The lowest BCUT2D eigenvalue weighted by Gasteiger charge is -2.23. The Morgan fingerprint density at radius 3 is 2.23 bits per heavy atom. The van der Waals surface area contributed by atoms with E-state index >= 15 is 0 Å².